The van der Waals surface area contributed by atoms with Gasteiger partial charge in [-0.1, -0.05) is 48.5 Å². The molecule has 0 saturated carbocycles. The van der Waals surface area contributed by atoms with E-state index in [-0.39, 0.29) is 4.90 Å². The largest absolute Gasteiger partial charge is 0.277 e. The van der Waals surface area contributed by atoms with Gasteiger partial charge < -0.3 is 0 Å². The SMILES string of the molecule is O=S(=O)(Nc1cccc2cccnc12)c1ccc(-c2ccccc2)nc1. The quantitative estimate of drug-likeness (QED) is 0.594. The lowest BCUT2D eigenvalue weighted by atomic mass is 10.1. The van der Waals surface area contributed by atoms with Crippen molar-refractivity contribution >= 4 is 26.6 Å². The number of para-hydroxylation sites is 1. The van der Waals surface area contributed by atoms with Gasteiger partial charge in [-0.2, -0.15) is 0 Å². The molecule has 4 aromatic rings. The number of sulfonamides is 1. The summed E-state index contributed by atoms with van der Waals surface area (Å²) in [6, 6.07) is 21.9. The van der Waals surface area contributed by atoms with Crippen molar-refractivity contribution in [2.24, 2.45) is 0 Å². The third-order valence-corrected chi connectivity index (χ3v) is 5.34. The fourth-order valence-electron chi connectivity index (χ4n) is 2.71. The molecule has 0 fully saturated rings. The minimum absolute atomic E-state index is 0.102. The van der Waals surface area contributed by atoms with Crippen LogP contribution in [0.25, 0.3) is 22.2 Å². The fourth-order valence-corrected chi connectivity index (χ4v) is 3.72. The number of fused-ring (bicyclic) bond motifs is 1. The van der Waals surface area contributed by atoms with Gasteiger partial charge in [0.15, 0.2) is 0 Å². The highest BCUT2D eigenvalue weighted by molar-refractivity contribution is 7.92. The smallest absolute Gasteiger partial charge is 0.263 e. The molecule has 26 heavy (non-hydrogen) atoms. The van der Waals surface area contributed by atoms with Crippen molar-refractivity contribution in [2.45, 2.75) is 4.90 Å². The molecular weight excluding hydrogens is 346 g/mol. The Balaban J connectivity index is 1.66. The lowest BCUT2D eigenvalue weighted by molar-refractivity contribution is 0.601. The van der Waals surface area contributed by atoms with Crippen LogP contribution in [0, 0.1) is 0 Å². The molecule has 0 aliphatic rings. The maximum atomic E-state index is 12.7. The van der Waals surface area contributed by atoms with Gasteiger partial charge in [0.1, 0.15) is 4.90 Å². The van der Waals surface area contributed by atoms with Crippen molar-refractivity contribution in [3.63, 3.8) is 0 Å². The summed E-state index contributed by atoms with van der Waals surface area (Å²) >= 11 is 0. The van der Waals surface area contributed by atoms with E-state index in [1.165, 1.54) is 6.20 Å². The second kappa shape index (κ2) is 6.57. The third-order valence-electron chi connectivity index (χ3n) is 3.99. The number of nitrogens with one attached hydrogen (secondary N) is 1. The summed E-state index contributed by atoms with van der Waals surface area (Å²) in [6.07, 6.45) is 3.00. The number of aromatic nitrogens is 2. The predicted octanol–water partition coefficient (Wildman–Crippen LogP) is 4.10. The van der Waals surface area contributed by atoms with E-state index in [2.05, 4.69) is 14.7 Å². The molecule has 0 unspecified atom stereocenters. The zero-order valence-electron chi connectivity index (χ0n) is 13.7. The van der Waals surface area contributed by atoms with Gasteiger partial charge in [0.2, 0.25) is 0 Å². The molecule has 0 bridgehead atoms. The van der Waals surface area contributed by atoms with Crippen LogP contribution in [0.3, 0.4) is 0 Å². The monoisotopic (exact) mass is 361 g/mol. The average molecular weight is 361 g/mol. The summed E-state index contributed by atoms with van der Waals surface area (Å²) in [7, 11) is -3.76. The van der Waals surface area contributed by atoms with Crippen LogP contribution in [0.4, 0.5) is 5.69 Å². The summed E-state index contributed by atoms with van der Waals surface area (Å²) in [5, 5.41) is 0.866. The number of benzene rings is 2. The molecule has 128 valence electrons. The van der Waals surface area contributed by atoms with Crippen molar-refractivity contribution < 1.29 is 8.42 Å². The van der Waals surface area contributed by atoms with Gasteiger partial charge in [-0.05, 0) is 24.3 Å². The van der Waals surface area contributed by atoms with Gasteiger partial charge in [-0.3, -0.25) is 14.7 Å². The van der Waals surface area contributed by atoms with E-state index in [4.69, 9.17) is 0 Å². The fraction of sp³-hybridized carbons (Fsp3) is 0. The maximum Gasteiger partial charge on any atom is 0.263 e. The van der Waals surface area contributed by atoms with Gasteiger partial charge in [-0.15, -0.1) is 0 Å². The molecule has 0 spiro atoms. The molecule has 0 saturated heterocycles. The Morgan fingerprint density at radius 3 is 2.35 bits per heavy atom. The van der Waals surface area contributed by atoms with Crippen molar-refractivity contribution in [3.8, 4) is 11.3 Å². The van der Waals surface area contributed by atoms with Gasteiger partial charge in [-0.25, -0.2) is 8.42 Å². The number of rotatable bonds is 4. The molecule has 4 rings (SSSR count). The standard InChI is InChI=1S/C20H15N3O2S/c24-26(25,23-19-10-4-8-16-9-5-13-21-20(16)19)17-11-12-18(22-14-17)15-6-2-1-3-7-15/h1-14,23H. The van der Waals surface area contributed by atoms with Crippen LogP contribution in [-0.4, -0.2) is 18.4 Å². The molecule has 0 aliphatic heterocycles. The molecule has 0 aliphatic carbocycles. The number of nitrogens with zero attached hydrogens (tertiary/aromatic N) is 2. The molecule has 0 radical (unpaired) electrons. The van der Waals surface area contributed by atoms with Crippen LogP contribution < -0.4 is 4.72 Å². The van der Waals surface area contributed by atoms with Crippen LogP contribution in [-0.2, 0) is 10.0 Å². The first-order valence-corrected chi connectivity index (χ1v) is 9.50. The highest BCUT2D eigenvalue weighted by Crippen LogP contribution is 2.24. The second-order valence-corrected chi connectivity index (χ2v) is 7.41. The van der Waals surface area contributed by atoms with E-state index in [9.17, 15) is 8.42 Å². The second-order valence-electron chi connectivity index (χ2n) is 5.73. The minimum atomic E-state index is -3.76. The Morgan fingerprint density at radius 1 is 0.769 bits per heavy atom. The highest BCUT2D eigenvalue weighted by Gasteiger charge is 2.16. The molecular formula is C20H15N3O2S. The van der Waals surface area contributed by atoms with E-state index in [0.717, 1.165) is 16.6 Å². The zero-order chi connectivity index (χ0) is 18.0. The van der Waals surface area contributed by atoms with E-state index in [0.29, 0.717) is 11.2 Å². The summed E-state index contributed by atoms with van der Waals surface area (Å²) < 4.78 is 28.0. The minimum Gasteiger partial charge on any atom is -0.277 e. The molecule has 2 aromatic carbocycles. The zero-order valence-corrected chi connectivity index (χ0v) is 14.5. The first-order valence-electron chi connectivity index (χ1n) is 8.01. The summed E-state index contributed by atoms with van der Waals surface area (Å²) in [5.74, 6) is 0. The lowest BCUT2D eigenvalue weighted by Crippen LogP contribution is -2.13. The molecule has 2 heterocycles. The van der Waals surface area contributed by atoms with Crippen molar-refractivity contribution in [1.29, 1.82) is 0 Å². The third kappa shape index (κ3) is 3.14. The van der Waals surface area contributed by atoms with Crippen molar-refractivity contribution in [3.05, 3.63) is 85.2 Å². The van der Waals surface area contributed by atoms with Gasteiger partial charge in [0.05, 0.1) is 16.9 Å². The normalized spacial score (nSPS) is 11.4. The van der Waals surface area contributed by atoms with Crippen molar-refractivity contribution in [1.82, 2.24) is 9.97 Å². The first kappa shape index (κ1) is 16.2. The number of hydrogen-bond donors (Lipinski definition) is 1. The molecule has 0 atom stereocenters. The van der Waals surface area contributed by atoms with E-state index >= 15 is 0 Å². The number of anilines is 1. The van der Waals surface area contributed by atoms with Crippen LogP contribution in [0.1, 0.15) is 0 Å². The average Bonchev–Trinajstić information content (AvgIpc) is 2.69. The van der Waals surface area contributed by atoms with Crippen LogP contribution in [0.2, 0.25) is 0 Å². The van der Waals surface area contributed by atoms with Gasteiger partial charge in [0, 0.05) is 23.3 Å². The first-order chi connectivity index (χ1) is 12.6. The Bertz CT molecular complexity index is 1150. The van der Waals surface area contributed by atoms with Crippen LogP contribution in [0.5, 0.6) is 0 Å². The predicted molar refractivity (Wildman–Crippen MR) is 102 cm³/mol. The summed E-state index contributed by atoms with van der Waals surface area (Å²) in [4.78, 5) is 8.66. The molecule has 5 nitrogen and oxygen atoms in total. The molecule has 1 N–H and O–H groups in total. The molecule has 2 aromatic heterocycles. The summed E-state index contributed by atoms with van der Waals surface area (Å²) in [6.45, 7) is 0. The van der Waals surface area contributed by atoms with Gasteiger partial charge >= 0.3 is 0 Å². The van der Waals surface area contributed by atoms with E-state index < -0.39 is 10.0 Å². The Morgan fingerprint density at radius 2 is 1.58 bits per heavy atom. The molecule has 0 amide bonds. The maximum absolute atomic E-state index is 12.7. The lowest BCUT2D eigenvalue weighted by Gasteiger charge is -2.10. The number of pyridine rings is 2. The highest BCUT2D eigenvalue weighted by atomic mass is 32.2. The van der Waals surface area contributed by atoms with Gasteiger partial charge in [0.25, 0.3) is 10.0 Å². The van der Waals surface area contributed by atoms with Crippen molar-refractivity contribution in [2.75, 3.05) is 4.72 Å². The van der Waals surface area contributed by atoms with Crippen LogP contribution in [0.15, 0.2) is 90.1 Å². The summed E-state index contributed by atoms with van der Waals surface area (Å²) in [5.41, 5.74) is 2.70. The number of hydrogen-bond acceptors (Lipinski definition) is 4. The Hall–Kier alpha value is -3.25. The van der Waals surface area contributed by atoms with E-state index in [1.54, 1.807) is 30.5 Å². The molecule has 6 heteroatoms. The Kier molecular flexibility index (Phi) is 4.10. The topological polar surface area (TPSA) is 72.0 Å². The Labute approximate surface area is 151 Å². The van der Waals surface area contributed by atoms with E-state index in [1.807, 2.05) is 48.5 Å². The van der Waals surface area contributed by atoms with Crippen LogP contribution >= 0.6 is 0 Å².